The van der Waals surface area contributed by atoms with Crippen molar-refractivity contribution < 1.29 is 23.1 Å². The average molecular weight is 356 g/mol. The van der Waals surface area contributed by atoms with E-state index >= 15 is 0 Å². The molecule has 0 atom stereocenters. The maximum absolute atomic E-state index is 13.5. The van der Waals surface area contributed by atoms with E-state index < -0.39 is 29.1 Å². The lowest BCUT2D eigenvalue weighted by Gasteiger charge is -2.13. The summed E-state index contributed by atoms with van der Waals surface area (Å²) in [5.41, 5.74) is -1.57. The van der Waals surface area contributed by atoms with Crippen LogP contribution in [0.3, 0.4) is 0 Å². The predicted octanol–water partition coefficient (Wildman–Crippen LogP) is 2.93. The number of benzene rings is 2. The third-order valence-corrected chi connectivity index (χ3v) is 4.05. The second-order valence-electron chi connectivity index (χ2n) is 5.63. The minimum absolute atomic E-state index is 0.00428. The van der Waals surface area contributed by atoms with Crippen molar-refractivity contribution >= 4 is 22.4 Å². The highest BCUT2D eigenvalue weighted by Crippen LogP contribution is 2.34. The van der Waals surface area contributed by atoms with Gasteiger partial charge in [0.1, 0.15) is 0 Å². The van der Waals surface area contributed by atoms with Crippen molar-refractivity contribution in [2.75, 3.05) is 0 Å². The Bertz CT molecular complexity index is 1160. The molecule has 0 N–H and O–H groups in total. The topological polar surface area (TPSA) is 70.3 Å². The monoisotopic (exact) mass is 356 g/mol. The number of aromatic nitrogens is 3. The van der Waals surface area contributed by atoms with Crippen LogP contribution in [-0.2, 0) is 6.18 Å². The number of nitrogens with zero attached hydrogens (tertiary/aromatic N) is 3. The van der Waals surface area contributed by atoms with Crippen molar-refractivity contribution in [2.45, 2.75) is 6.18 Å². The number of halogens is 3. The lowest BCUT2D eigenvalue weighted by Crippen LogP contribution is -2.22. The van der Waals surface area contributed by atoms with Crippen LogP contribution in [0.4, 0.5) is 13.2 Å². The Morgan fingerprint density at radius 1 is 1.08 bits per heavy atom. The van der Waals surface area contributed by atoms with Crippen LogP contribution in [0.1, 0.15) is 16.1 Å². The van der Waals surface area contributed by atoms with E-state index in [1.165, 1.54) is 0 Å². The summed E-state index contributed by atoms with van der Waals surface area (Å²) >= 11 is 0. The first-order valence-electron chi connectivity index (χ1n) is 7.52. The maximum Gasteiger partial charge on any atom is 0.433 e. The number of hydrogen-bond donors (Lipinski definition) is 0. The fourth-order valence-electron chi connectivity index (χ4n) is 2.90. The zero-order valence-electron chi connectivity index (χ0n) is 13.0. The van der Waals surface area contributed by atoms with Gasteiger partial charge in [0.05, 0.1) is 23.4 Å². The minimum Gasteiger partial charge on any atom is -0.545 e. The molecule has 2 heterocycles. The number of fused-ring (bicyclic) bond motifs is 2. The number of aromatic carboxylic acids is 1. The summed E-state index contributed by atoms with van der Waals surface area (Å²) in [5.74, 6) is -1.64. The van der Waals surface area contributed by atoms with Crippen molar-refractivity contribution in [3.63, 3.8) is 0 Å². The van der Waals surface area contributed by atoms with Gasteiger partial charge in [-0.3, -0.25) is 0 Å². The smallest absolute Gasteiger partial charge is 0.433 e. The number of carbonyl (C=O) groups excluding carboxylic acids is 1. The fraction of sp³-hybridized carbons (Fsp3) is 0.0556. The highest BCUT2D eigenvalue weighted by molar-refractivity contribution is 5.97. The summed E-state index contributed by atoms with van der Waals surface area (Å²) in [6, 6.07) is 13.2. The Morgan fingerprint density at radius 2 is 1.81 bits per heavy atom. The molecule has 0 aliphatic rings. The average Bonchev–Trinajstić information content (AvgIpc) is 3.03. The summed E-state index contributed by atoms with van der Waals surface area (Å²) in [5, 5.41) is 16.3. The van der Waals surface area contributed by atoms with Crippen LogP contribution >= 0.6 is 0 Å². The SMILES string of the molecule is O=C([O-])c1cnn2c(C(F)(F)F)cc(-c3cccc4ccccc34)nc12. The lowest BCUT2D eigenvalue weighted by molar-refractivity contribution is -0.254. The van der Waals surface area contributed by atoms with Gasteiger partial charge >= 0.3 is 6.18 Å². The number of rotatable bonds is 2. The van der Waals surface area contributed by atoms with Crippen LogP contribution in [0.25, 0.3) is 27.7 Å². The van der Waals surface area contributed by atoms with Gasteiger partial charge in [-0.05, 0) is 16.8 Å². The van der Waals surface area contributed by atoms with Gasteiger partial charge in [-0.1, -0.05) is 42.5 Å². The number of alkyl halides is 3. The molecule has 8 heteroatoms. The Kier molecular flexibility index (Phi) is 3.43. The zero-order valence-corrected chi connectivity index (χ0v) is 13.0. The molecular weight excluding hydrogens is 347 g/mol. The Hall–Kier alpha value is -3.42. The molecule has 0 saturated heterocycles. The minimum atomic E-state index is -4.74. The van der Waals surface area contributed by atoms with Gasteiger partial charge in [-0.15, -0.1) is 0 Å². The van der Waals surface area contributed by atoms with E-state index in [1.807, 2.05) is 18.2 Å². The molecule has 0 aliphatic heterocycles. The highest BCUT2D eigenvalue weighted by atomic mass is 19.4. The third-order valence-electron chi connectivity index (χ3n) is 4.05. The quantitative estimate of drug-likeness (QED) is 0.554. The molecule has 0 bridgehead atoms. The summed E-state index contributed by atoms with van der Waals surface area (Å²) in [4.78, 5) is 15.3. The van der Waals surface area contributed by atoms with E-state index in [9.17, 15) is 23.1 Å². The van der Waals surface area contributed by atoms with Crippen molar-refractivity contribution in [3.05, 3.63) is 66.0 Å². The first-order chi connectivity index (χ1) is 12.4. The molecule has 0 fully saturated rings. The second-order valence-corrected chi connectivity index (χ2v) is 5.63. The van der Waals surface area contributed by atoms with E-state index in [1.54, 1.807) is 24.3 Å². The van der Waals surface area contributed by atoms with Gasteiger partial charge in [0, 0.05) is 5.56 Å². The first kappa shape index (κ1) is 16.1. The molecule has 2 aromatic carbocycles. The molecule has 0 radical (unpaired) electrons. The van der Waals surface area contributed by atoms with E-state index in [-0.39, 0.29) is 5.69 Å². The van der Waals surface area contributed by atoms with Crippen molar-refractivity contribution in [3.8, 4) is 11.3 Å². The molecule has 0 aliphatic carbocycles. The third kappa shape index (κ3) is 2.46. The Morgan fingerprint density at radius 3 is 2.54 bits per heavy atom. The van der Waals surface area contributed by atoms with E-state index in [0.29, 0.717) is 15.5 Å². The standard InChI is InChI=1S/C18H10F3N3O2/c19-18(20,21)15-8-14(23-16-13(17(25)26)9-22-24(15)16)12-7-3-5-10-4-1-2-6-11(10)12/h1-9H,(H,25,26)/p-1. The van der Waals surface area contributed by atoms with Crippen LogP contribution < -0.4 is 5.11 Å². The largest absolute Gasteiger partial charge is 0.545 e. The molecular formula is C18H9F3N3O2-. The van der Waals surface area contributed by atoms with Gasteiger partial charge in [0.25, 0.3) is 0 Å². The van der Waals surface area contributed by atoms with Crippen LogP contribution in [0.15, 0.2) is 54.7 Å². The molecule has 4 aromatic rings. The number of carboxylic acids is 1. The molecule has 5 nitrogen and oxygen atoms in total. The summed E-state index contributed by atoms with van der Waals surface area (Å²) in [6.45, 7) is 0. The fourth-order valence-corrected chi connectivity index (χ4v) is 2.90. The molecule has 0 saturated carbocycles. The second kappa shape index (κ2) is 5.55. The Labute approximate surface area is 144 Å². The first-order valence-corrected chi connectivity index (χ1v) is 7.52. The van der Waals surface area contributed by atoms with E-state index in [2.05, 4.69) is 10.1 Å². The van der Waals surface area contributed by atoms with Crippen LogP contribution in [-0.4, -0.2) is 20.6 Å². The molecule has 0 amide bonds. The number of carbonyl (C=O) groups is 1. The van der Waals surface area contributed by atoms with Gasteiger partial charge in [0.2, 0.25) is 0 Å². The number of carboxylic acid groups (broad SMARTS) is 1. The normalized spacial score (nSPS) is 12.0. The van der Waals surface area contributed by atoms with Gasteiger partial charge in [-0.2, -0.15) is 18.3 Å². The molecule has 2 aromatic heterocycles. The lowest BCUT2D eigenvalue weighted by atomic mass is 10.0. The predicted molar refractivity (Wildman–Crippen MR) is 85.3 cm³/mol. The number of hydrogen-bond acceptors (Lipinski definition) is 4. The van der Waals surface area contributed by atoms with Gasteiger partial charge in [0.15, 0.2) is 11.3 Å². The Balaban J connectivity index is 2.10. The van der Waals surface area contributed by atoms with Crippen molar-refractivity contribution in [2.24, 2.45) is 0 Å². The van der Waals surface area contributed by atoms with Crippen LogP contribution in [0.2, 0.25) is 0 Å². The summed E-state index contributed by atoms with van der Waals surface area (Å²) in [6.07, 6.45) is -3.93. The molecule has 4 rings (SSSR count). The van der Waals surface area contributed by atoms with Crippen molar-refractivity contribution in [1.29, 1.82) is 0 Å². The van der Waals surface area contributed by atoms with Gasteiger partial charge in [-0.25, -0.2) is 9.50 Å². The summed E-state index contributed by atoms with van der Waals surface area (Å²) < 4.78 is 40.9. The zero-order chi connectivity index (χ0) is 18.5. The van der Waals surface area contributed by atoms with Crippen LogP contribution in [0.5, 0.6) is 0 Å². The molecule has 130 valence electrons. The molecule has 0 spiro atoms. The maximum atomic E-state index is 13.5. The van der Waals surface area contributed by atoms with E-state index in [4.69, 9.17) is 0 Å². The van der Waals surface area contributed by atoms with Crippen molar-refractivity contribution in [1.82, 2.24) is 14.6 Å². The van der Waals surface area contributed by atoms with E-state index in [0.717, 1.165) is 17.6 Å². The van der Waals surface area contributed by atoms with Crippen LogP contribution in [0, 0.1) is 0 Å². The summed E-state index contributed by atoms with van der Waals surface area (Å²) in [7, 11) is 0. The molecule has 26 heavy (non-hydrogen) atoms. The molecule has 0 unspecified atom stereocenters. The highest BCUT2D eigenvalue weighted by Gasteiger charge is 2.35. The van der Waals surface area contributed by atoms with Gasteiger partial charge < -0.3 is 9.90 Å².